The maximum absolute atomic E-state index is 14.4. The minimum Gasteiger partial charge on any atom is -0.459 e. The Bertz CT molecular complexity index is 852. The molecule has 0 saturated heterocycles. The van der Waals surface area contributed by atoms with Crippen molar-refractivity contribution in [3.63, 3.8) is 0 Å². The van der Waals surface area contributed by atoms with Crippen LogP contribution in [0.15, 0.2) is 41.1 Å². The van der Waals surface area contributed by atoms with E-state index >= 15 is 0 Å². The van der Waals surface area contributed by atoms with E-state index in [9.17, 15) is 14.0 Å². The minimum atomic E-state index is -1.47. The first kappa shape index (κ1) is 20.8. The zero-order chi connectivity index (χ0) is 20.2. The zero-order valence-corrected chi connectivity index (χ0v) is 17.1. The van der Waals surface area contributed by atoms with Crippen LogP contribution in [0.3, 0.4) is 0 Å². The maximum atomic E-state index is 14.4. The van der Waals surface area contributed by atoms with Gasteiger partial charge in [0.05, 0.1) is 17.6 Å². The van der Waals surface area contributed by atoms with E-state index in [-0.39, 0.29) is 5.56 Å². The topological polar surface area (TPSA) is 80.3 Å². The average molecular weight is 438 g/mol. The van der Waals surface area contributed by atoms with Gasteiger partial charge in [-0.15, -0.1) is 0 Å². The van der Waals surface area contributed by atoms with Gasteiger partial charge in [-0.25, -0.2) is 4.39 Å². The number of hydrogen-bond acceptors (Lipinski definition) is 5. The summed E-state index contributed by atoms with van der Waals surface area (Å²) >= 11 is 3.25. The van der Waals surface area contributed by atoms with E-state index in [2.05, 4.69) is 31.5 Å². The molecular formula is C19H21BrFN3O3. The number of nitrogens with one attached hydrogen (secondary N) is 2. The summed E-state index contributed by atoms with van der Waals surface area (Å²) in [7, 11) is 1.67. The predicted octanol–water partition coefficient (Wildman–Crippen LogP) is 4.09. The fraction of sp³-hybridized carbons (Fsp3) is 0.316. The van der Waals surface area contributed by atoms with Crippen LogP contribution in [-0.2, 0) is 14.3 Å². The highest BCUT2D eigenvalue weighted by Crippen LogP contribution is 2.29. The van der Waals surface area contributed by atoms with Crippen LogP contribution in [0.25, 0.3) is 0 Å². The number of rotatable bonds is 5. The van der Waals surface area contributed by atoms with Crippen molar-refractivity contribution < 1.29 is 18.7 Å². The number of hydrogen-bond donors (Lipinski definition) is 2. The monoisotopic (exact) mass is 437 g/mol. The van der Waals surface area contributed by atoms with Crippen molar-refractivity contribution in [1.29, 1.82) is 0 Å². The van der Waals surface area contributed by atoms with Crippen molar-refractivity contribution >= 4 is 39.2 Å². The first-order valence-corrected chi connectivity index (χ1v) is 9.02. The summed E-state index contributed by atoms with van der Waals surface area (Å²) in [6.07, 6.45) is 3.02. The van der Waals surface area contributed by atoms with Crippen molar-refractivity contribution in [3.05, 3.63) is 52.5 Å². The molecule has 1 aromatic carbocycles. The molecule has 144 valence electrons. The smallest absolute Gasteiger partial charge is 0.323 e. The molecule has 2 aromatic rings. The van der Waals surface area contributed by atoms with Crippen LogP contribution < -0.4 is 10.6 Å². The Hall–Kier alpha value is -2.48. The second kappa shape index (κ2) is 8.47. The lowest BCUT2D eigenvalue weighted by Gasteiger charge is -2.24. The highest BCUT2D eigenvalue weighted by molar-refractivity contribution is 9.10. The molecule has 0 spiro atoms. The number of carbonyl (C=O) groups is 2. The maximum Gasteiger partial charge on any atom is 0.323 e. The molecule has 0 fully saturated rings. The van der Waals surface area contributed by atoms with Gasteiger partial charge in [0, 0.05) is 23.3 Å². The summed E-state index contributed by atoms with van der Waals surface area (Å²) < 4.78 is 20.3. The summed E-state index contributed by atoms with van der Waals surface area (Å²) in [5, 5.41) is 5.54. The van der Waals surface area contributed by atoms with Gasteiger partial charge in [0.2, 0.25) is 5.91 Å². The van der Waals surface area contributed by atoms with Crippen molar-refractivity contribution in [2.24, 2.45) is 0 Å². The van der Waals surface area contributed by atoms with Gasteiger partial charge in [0.1, 0.15) is 11.4 Å². The standard InChI is InChI=1S/C19H21BrFN3O3/c1-19(2,3)27-18(26)16(12-9-11(20)5-6-13(12)21)17(25)24-14-7-8-23-10-15(14)22-4/h5-10,16,22H,1-4H3,(H,23,24,25). The number of nitrogens with zero attached hydrogens (tertiary/aromatic N) is 1. The van der Waals surface area contributed by atoms with Crippen LogP contribution in [0.5, 0.6) is 0 Å². The number of amides is 1. The molecule has 2 N–H and O–H groups in total. The van der Waals surface area contributed by atoms with Crippen molar-refractivity contribution in [3.8, 4) is 0 Å². The molecule has 1 amide bonds. The number of halogens is 2. The van der Waals surface area contributed by atoms with Gasteiger partial charge in [-0.2, -0.15) is 0 Å². The van der Waals surface area contributed by atoms with E-state index in [0.717, 1.165) is 0 Å². The van der Waals surface area contributed by atoms with Crippen molar-refractivity contribution in [2.75, 3.05) is 17.7 Å². The molecule has 6 nitrogen and oxygen atoms in total. The summed E-state index contributed by atoms with van der Waals surface area (Å²) in [5.74, 6) is -3.69. The van der Waals surface area contributed by atoms with Crippen LogP contribution in [0.1, 0.15) is 32.3 Å². The molecule has 1 aromatic heterocycles. The summed E-state index contributed by atoms with van der Waals surface area (Å²) in [5.41, 5.74) is 0.0754. The Labute approximate surface area is 165 Å². The van der Waals surface area contributed by atoms with Crippen LogP contribution in [0.4, 0.5) is 15.8 Å². The van der Waals surface area contributed by atoms with E-state index in [1.165, 1.54) is 30.6 Å². The molecule has 0 radical (unpaired) electrons. The number of aromatic nitrogens is 1. The van der Waals surface area contributed by atoms with E-state index in [4.69, 9.17) is 4.74 Å². The molecule has 8 heteroatoms. The van der Waals surface area contributed by atoms with E-state index in [1.807, 2.05) is 0 Å². The lowest BCUT2D eigenvalue weighted by molar-refractivity contribution is -0.158. The number of pyridine rings is 1. The van der Waals surface area contributed by atoms with Crippen LogP contribution >= 0.6 is 15.9 Å². The van der Waals surface area contributed by atoms with E-state index in [0.29, 0.717) is 15.8 Å². The second-order valence-electron chi connectivity index (χ2n) is 6.79. The quantitative estimate of drug-likeness (QED) is 0.543. The molecule has 27 heavy (non-hydrogen) atoms. The molecule has 1 unspecified atom stereocenters. The number of benzene rings is 1. The predicted molar refractivity (Wildman–Crippen MR) is 105 cm³/mol. The number of carbonyl (C=O) groups excluding carboxylic acids is 2. The first-order valence-electron chi connectivity index (χ1n) is 8.23. The van der Waals surface area contributed by atoms with E-state index in [1.54, 1.807) is 33.9 Å². The highest BCUT2D eigenvalue weighted by Gasteiger charge is 2.35. The van der Waals surface area contributed by atoms with Crippen molar-refractivity contribution in [2.45, 2.75) is 32.3 Å². The van der Waals surface area contributed by atoms with Crippen LogP contribution in [-0.4, -0.2) is 29.5 Å². The summed E-state index contributed by atoms with van der Waals surface area (Å²) in [4.78, 5) is 29.6. The third-order valence-electron chi connectivity index (χ3n) is 3.52. The van der Waals surface area contributed by atoms with Crippen molar-refractivity contribution in [1.82, 2.24) is 4.98 Å². The van der Waals surface area contributed by atoms with Crippen LogP contribution in [0.2, 0.25) is 0 Å². The highest BCUT2D eigenvalue weighted by atomic mass is 79.9. The lowest BCUT2D eigenvalue weighted by atomic mass is 9.97. The molecule has 2 rings (SSSR count). The van der Waals surface area contributed by atoms with Gasteiger partial charge in [-0.1, -0.05) is 15.9 Å². The molecule has 1 heterocycles. The Morgan fingerprint density at radius 3 is 2.56 bits per heavy atom. The first-order chi connectivity index (χ1) is 12.6. The fourth-order valence-corrected chi connectivity index (χ4v) is 2.76. The Balaban J connectivity index is 2.43. The molecule has 0 saturated carbocycles. The number of esters is 1. The molecule has 0 aliphatic rings. The third kappa shape index (κ3) is 5.50. The van der Waals surface area contributed by atoms with Gasteiger partial charge in [-0.05, 0) is 45.0 Å². The van der Waals surface area contributed by atoms with Crippen LogP contribution in [0, 0.1) is 5.82 Å². The van der Waals surface area contributed by atoms with Gasteiger partial charge < -0.3 is 15.4 Å². The van der Waals surface area contributed by atoms with Gasteiger partial charge >= 0.3 is 5.97 Å². The molecule has 0 bridgehead atoms. The minimum absolute atomic E-state index is 0.0730. The van der Waals surface area contributed by atoms with E-state index < -0.39 is 29.2 Å². The normalized spacial score (nSPS) is 12.2. The Morgan fingerprint density at radius 1 is 1.22 bits per heavy atom. The third-order valence-corrected chi connectivity index (χ3v) is 4.02. The average Bonchev–Trinajstić information content (AvgIpc) is 2.57. The largest absolute Gasteiger partial charge is 0.459 e. The molecule has 1 atom stereocenters. The van der Waals surface area contributed by atoms with Gasteiger partial charge in [0.15, 0.2) is 5.92 Å². The summed E-state index contributed by atoms with van der Waals surface area (Å²) in [6.45, 7) is 5.04. The Kier molecular flexibility index (Phi) is 6.54. The van der Waals surface area contributed by atoms with Gasteiger partial charge in [-0.3, -0.25) is 14.6 Å². The number of anilines is 2. The lowest BCUT2D eigenvalue weighted by Crippen LogP contribution is -2.34. The van der Waals surface area contributed by atoms with Gasteiger partial charge in [0.25, 0.3) is 0 Å². The molecule has 0 aliphatic heterocycles. The number of ether oxygens (including phenoxy) is 1. The fourth-order valence-electron chi connectivity index (χ4n) is 2.38. The molecule has 0 aliphatic carbocycles. The zero-order valence-electron chi connectivity index (χ0n) is 15.5. The SMILES string of the molecule is CNc1cnccc1NC(=O)C(C(=O)OC(C)(C)C)c1cc(Br)ccc1F. The molecular weight excluding hydrogens is 417 g/mol. The second-order valence-corrected chi connectivity index (χ2v) is 7.71. The summed E-state index contributed by atoms with van der Waals surface area (Å²) in [6, 6.07) is 5.66. The Morgan fingerprint density at radius 2 is 1.93 bits per heavy atom.